The quantitative estimate of drug-likeness (QED) is 0.366. The summed E-state index contributed by atoms with van der Waals surface area (Å²) in [5, 5.41) is 3.45. The first kappa shape index (κ1) is 23.2. The average molecular weight is 503 g/mol. The Kier molecular flexibility index (Phi) is 9.73. The van der Waals surface area contributed by atoms with E-state index in [9.17, 15) is 0 Å². The Hall–Kier alpha value is -1.13. The average Bonchev–Trinajstić information content (AvgIpc) is 3.21. The third-order valence-corrected chi connectivity index (χ3v) is 5.17. The molecule has 3 rings (SSSR count). The molecule has 2 fully saturated rings. The minimum Gasteiger partial charge on any atom is -0.376 e. The Morgan fingerprint density at radius 2 is 2.11 bits per heavy atom. The maximum absolute atomic E-state index is 6.07. The van der Waals surface area contributed by atoms with Crippen LogP contribution in [0.3, 0.4) is 0 Å². The zero-order valence-corrected chi connectivity index (χ0v) is 19.6. The van der Waals surface area contributed by atoms with Crippen molar-refractivity contribution < 1.29 is 9.47 Å². The normalized spacial score (nSPS) is 20.8. The van der Waals surface area contributed by atoms with Crippen LogP contribution in [0.5, 0.6) is 0 Å². The van der Waals surface area contributed by atoms with Gasteiger partial charge in [-0.25, -0.2) is 4.98 Å². The second-order valence-corrected chi connectivity index (χ2v) is 7.44. The molecule has 0 bridgehead atoms. The summed E-state index contributed by atoms with van der Waals surface area (Å²) < 4.78 is 11.7. The third kappa shape index (κ3) is 6.73. The standard InChI is InChI=1S/C20H33N5O2.HI/c1-21-20(22-14-16-6-4-8-19(23-16)24(2)3)25-11-9-17(10-12-25)27-15-18-7-5-13-26-18;/h4,6,8,17-18H,5,7,9-15H2,1-3H3,(H,21,22);1H. The Bertz CT molecular complexity index is 614. The van der Waals surface area contributed by atoms with Crippen LogP contribution < -0.4 is 10.2 Å². The molecule has 1 unspecified atom stereocenters. The van der Waals surface area contributed by atoms with Gasteiger partial charge in [-0.3, -0.25) is 4.99 Å². The van der Waals surface area contributed by atoms with Crippen molar-refractivity contribution in [3.05, 3.63) is 23.9 Å². The first-order valence-electron chi connectivity index (χ1n) is 9.98. The molecule has 2 aliphatic heterocycles. The summed E-state index contributed by atoms with van der Waals surface area (Å²) in [5.41, 5.74) is 1.01. The summed E-state index contributed by atoms with van der Waals surface area (Å²) in [6.45, 7) is 4.22. The maximum Gasteiger partial charge on any atom is 0.193 e. The number of guanidine groups is 1. The van der Waals surface area contributed by atoms with Gasteiger partial charge in [0.2, 0.25) is 0 Å². The van der Waals surface area contributed by atoms with Gasteiger partial charge in [0.1, 0.15) is 5.82 Å². The van der Waals surface area contributed by atoms with Crippen LogP contribution in [-0.4, -0.2) is 75.5 Å². The van der Waals surface area contributed by atoms with Crippen LogP contribution in [0.2, 0.25) is 0 Å². The predicted molar refractivity (Wildman–Crippen MR) is 124 cm³/mol. The maximum atomic E-state index is 6.07. The van der Waals surface area contributed by atoms with E-state index in [4.69, 9.17) is 9.47 Å². The second kappa shape index (κ2) is 11.8. The van der Waals surface area contributed by atoms with Gasteiger partial charge >= 0.3 is 0 Å². The molecule has 2 aliphatic rings. The summed E-state index contributed by atoms with van der Waals surface area (Å²) in [6, 6.07) is 6.09. The van der Waals surface area contributed by atoms with Crippen molar-refractivity contribution in [1.82, 2.24) is 15.2 Å². The van der Waals surface area contributed by atoms with E-state index in [0.717, 1.165) is 63.0 Å². The summed E-state index contributed by atoms with van der Waals surface area (Å²) >= 11 is 0. The van der Waals surface area contributed by atoms with E-state index in [1.54, 1.807) is 0 Å². The highest BCUT2D eigenvalue weighted by atomic mass is 127. The van der Waals surface area contributed by atoms with Crippen LogP contribution in [-0.2, 0) is 16.0 Å². The fourth-order valence-electron chi connectivity index (χ4n) is 3.57. The molecule has 0 aliphatic carbocycles. The number of hydrogen-bond donors (Lipinski definition) is 1. The lowest BCUT2D eigenvalue weighted by molar-refractivity contribution is -0.0367. The molecule has 0 aromatic carbocycles. The fourth-order valence-corrected chi connectivity index (χ4v) is 3.57. The number of piperidine rings is 1. The Labute approximate surface area is 185 Å². The fraction of sp³-hybridized carbons (Fsp3) is 0.700. The largest absolute Gasteiger partial charge is 0.376 e. The van der Waals surface area contributed by atoms with Gasteiger partial charge in [-0.2, -0.15) is 0 Å². The summed E-state index contributed by atoms with van der Waals surface area (Å²) in [6.07, 6.45) is 5.01. The molecule has 0 radical (unpaired) electrons. The Balaban J connectivity index is 0.00000280. The van der Waals surface area contributed by atoms with Gasteiger partial charge in [0.15, 0.2) is 5.96 Å². The highest BCUT2D eigenvalue weighted by Crippen LogP contribution is 2.18. The van der Waals surface area contributed by atoms with Gasteiger partial charge in [0, 0.05) is 40.8 Å². The summed E-state index contributed by atoms with van der Waals surface area (Å²) in [4.78, 5) is 13.4. The van der Waals surface area contributed by atoms with Crippen molar-refractivity contribution in [2.24, 2.45) is 4.99 Å². The molecule has 8 heteroatoms. The van der Waals surface area contributed by atoms with E-state index in [2.05, 4.69) is 20.2 Å². The predicted octanol–water partition coefficient (Wildman–Crippen LogP) is 2.50. The lowest BCUT2D eigenvalue weighted by atomic mass is 10.1. The zero-order valence-electron chi connectivity index (χ0n) is 17.3. The van der Waals surface area contributed by atoms with Crippen molar-refractivity contribution in [2.45, 2.75) is 44.4 Å². The molecule has 0 saturated carbocycles. The minimum absolute atomic E-state index is 0. The number of pyridine rings is 1. The van der Waals surface area contributed by atoms with Gasteiger partial charge in [-0.05, 0) is 37.8 Å². The molecular formula is C20H34IN5O2. The second-order valence-electron chi connectivity index (χ2n) is 7.44. The van der Waals surface area contributed by atoms with Crippen LogP contribution in [0.4, 0.5) is 5.82 Å². The van der Waals surface area contributed by atoms with E-state index in [0.29, 0.717) is 18.8 Å². The topological polar surface area (TPSA) is 62.2 Å². The number of aromatic nitrogens is 1. The minimum atomic E-state index is 0. The molecule has 7 nitrogen and oxygen atoms in total. The molecule has 28 heavy (non-hydrogen) atoms. The van der Waals surface area contributed by atoms with Gasteiger partial charge < -0.3 is 24.6 Å². The molecule has 1 N–H and O–H groups in total. The molecular weight excluding hydrogens is 469 g/mol. The summed E-state index contributed by atoms with van der Waals surface area (Å²) in [5.74, 6) is 1.90. The molecule has 3 heterocycles. The molecule has 1 atom stereocenters. The van der Waals surface area contributed by atoms with E-state index >= 15 is 0 Å². The molecule has 1 aromatic heterocycles. The van der Waals surface area contributed by atoms with Crippen LogP contribution >= 0.6 is 24.0 Å². The monoisotopic (exact) mass is 503 g/mol. The van der Waals surface area contributed by atoms with Gasteiger partial charge in [-0.1, -0.05) is 6.07 Å². The van der Waals surface area contributed by atoms with Crippen LogP contribution in [0.25, 0.3) is 0 Å². The molecule has 0 spiro atoms. The first-order chi connectivity index (χ1) is 13.2. The number of aliphatic imine (C=N–C) groups is 1. The van der Waals surface area contributed by atoms with E-state index in [-0.39, 0.29) is 24.0 Å². The smallest absolute Gasteiger partial charge is 0.193 e. The van der Waals surface area contributed by atoms with Gasteiger partial charge in [0.05, 0.1) is 31.1 Å². The lowest BCUT2D eigenvalue weighted by Crippen LogP contribution is -2.47. The Morgan fingerprint density at radius 1 is 1.32 bits per heavy atom. The molecule has 0 amide bonds. The summed E-state index contributed by atoms with van der Waals surface area (Å²) in [7, 11) is 5.85. The number of rotatable bonds is 6. The van der Waals surface area contributed by atoms with Crippen molar-refractivity contribution >= 4 is 35.8 Å². The van der Waals surface area contributed by atoms with Crippen LogP contribution in [0, 0.1) is 0 Å². The van der Waals surface area contributed by atoms with Gasteiger partial charge in [-0.15, -0.1) is 24.0 Å². The van der Waals surface area contributed by atoms with Crippen molar-refractivity contribution in [3.8, 4) is 0 Å². The van der Waals surface area contributed by atoms with Crippen molar-refractivity contribution in [1.29, 1.82) is 0 Å². The lowest BCUT2D eigenvalue weighted by Gasteiger charge is -2.34. The zero-order chi connectivity index (χ0) is 19.1. The number of anilines is 1. The number of ether oxygens (including phenoxy) is 2. The molecule has 158 valence electrons. The first-order valence-corrected chi connectivity index (χ1v) is 9.98. The molecule has 2 saturated heterocycles. The van der Waals surface area contributed by atoms with E-state index in [1.165, 1.54) is 6.42 Å². The van der Waals surface area contributed by atoms with Crippen molar-refractivity contribution in [2.75, 3.05) is 52.3 Å². The third-order valence-electron chi connectivity index (χ3n) is 5.17. The Morgan fingerprint density at radius 3 is 2.75 bits per heavy atom. The highest BCUT2D eigenvalue weighted by molar-refractivity contribution is 14.0. The number of nitrogens with one attached hydrogen (secondary N) is 1. The number of likely N-dealkylation sites (tertiary alicyclic amines) is 1. The molecule has 1 aromatic rings. The number of halogens is 1. The van der Waals surface area contributed by atoms with Gasteiger partial charge in [0.25, 0.3) is 0 Å². The van der Waals surface area contributed by atoms with Crippen LogP contribution in [0.1, 0.15) is 31.4 Å². The van der Waals surface area contributed by atoms with Crippen LogP contribution in [0.15, 0.2) is 23.2 Å². The SMILES string of the molecule is CN=C(NCc1cccc(N(C)C)n1)N1CCC(OCC2CCCO2)CC1.I. The van der Waals surface area contributed by atoms with E-state index < -0.39 is 0 Å². The number of nitrogens with zero attached hydrogens (tertiary/aromatic N) is 4. The highest BCUT2D eigenvalue weighted by Gasteiger charge is 2.24. The van der Waals surface area contributed by atoms with Crippen molar-refractivity contribution in [3.63, 3.8) is 0 Å². The number of hydrogen-bond acceptors (Lipinski definition) is 5. The van der Waals surface area contributed by atoms with E-state index in [1.807, 2.05) is 44.2 Å².